The maximum Gasteiger partial charge on any atom is 0.227 e. The molecule has 25 heavy (non-hydrogen) atoms. The first kappa shape index (κ1) is 17.2. The number of para-hydroxylation sites is 1. The van der Waals surface area contributed by atoms with Gasteiger partial charge in [-0.1, -0.05) is 24.3 Å². The molecule has 0 saturated heterocycles. The fourth-order valence-electron chi connectivity index (χ4n) is 3.20. The molecule has 1 heterocycles. The van der Waals surface area contributed by atoms with Crippen LogP contribution < -0.4 is 9.64 Å². The zero-order valence-electron chi connectivity index (χ0n) is 14.5. The van der Waals surface area contributed by atoms with Gasteiger partial charge in [-0.2, -0.15) is 0 Å². The molecule has 0 spiro atoms. The molecule has 0 atom stereocenters. The van der Waals surface area contributed by atoms with Crippen LogP contribution in [0.2, 0.25) is 0 Å². The number of Topliss-reactive ketones (excluding diaryl/α,β-unsaturated/α-hetero) is 1. The number of nitrogens with zero attached hydrogens (tertiary/aromatic N) is 1. The number of carbonyl (C=O) groups excluding carboxylic acids is 2. The van der Waals surface area contributed by atoms with E-state index in [0.717, 1.165) is 30.7 Å². The van der Waals surface area contributed by atoms with Crippen LogP contribution in [0.3, 0.4) is 0 Å². The number of ketones is 1. The zero-order valence-corrected chi connectivity index (χ0v) is 14.5. The van der Waals surface area contributed by atoms with Gasteiger partial charge < -0.3 is 9.64 Å². The van der Waals surface area contributed by atoms with E-state index < -0.39 is 0 Å². The summed E-state index contributed by atoms with van der Waals surface area (Å²) in [5.74, 6) is 1.09. The van der Waals surface area contributed by atoms with Crippen LogP contribution in [0, 0.1) is 0 Å². The van der Waals surface area contributed by atoms with Gasteiger partial charge in [0.1, 0.15) is 5.75 Å². The highest BCUT2D eigenvalue weighted by Crippen LogP contribution is 2.27. The summed E-state index contributed by atoms with van der Waals surface area (Å²) in [6.07, 6.45) is 3.68. The van der Waals surface area contributed by atoms with Crippen LogP contribution in [-0.2, 0) is 11.2 Å². The van der Waals surface area contributed by atoms with Crippen molar-refractivity contribution in [2.45, 2.75) is 32.1 Å². The maximum atomic E-state index is 12.6. The van der Waals surface area contributed by atoms with Gasteiger partial charge in [-0.3, -0.25) is 9.59 Å². The van der Waals surface area contributed by atoms with Crippen molar-refractivity contribution in [3.8, 4) is 5.75 Å². The van der Waals surface area contributed by atoms with Crippen LogP contribution in [0.4, 0.5) is 5.69 Å². The van der Waals surface area contributed by atoms with Gasteiger partial charge in [0.15, 0.2) is 5.78 Å². The summed E-state index contributed by atoms with van der Waals surface area (Å²) in [4.78, 5) is 26.3. The molecule has 2 aromatic carbocycles. The van der Waals surface area contributed by atoms with Gasteiger partial charge >= 0.3 is 0 Å². The van der Waals surface area contributed by atoms with Gasteiger partial charge in [0.2, 0.25) is 5.91 Å². The third-order valence-electron chi connectivity index (χ3n) is 4.62. The van der Waals surface area contributed by atoms with E-state index >= 15 is 0 Å². The molecule has 4 heteroatoms. The normalized spacial score (nSPS) is 13.5. The Bertz CT molecular complexity index is 752. The number of hydrogen-bond acceptors (Lipinski definition) is 3. The van der Waals surface area contributed by atoms with Crippen LogP contribution >= 0.6 is 0 Å². The predicted molar refractivity (Wildman–Crippen MR) is 98.3 cm³/mol. The van der Waals surface area contributed by atoms with E-state index in [-0.39, 0.29) is 11.7 Å². The predicted octanol–water partition coefficient (Wildman–Crippen LogP) is 4.03. The Morgan fingerprint density at radius 1 is 1.08 bits per heavy atom. The molecule has 1 amide bonds. The molecule has 1 aliphatic heterocycles. The monoisotopic (exact) mass is 337 g/mol. The Hall–Kier alpha value is -2.62. The minimum Gasteiger partial charge on any atom is -0.497 e. The number of benzene rings is 2. The molecule has 3 rings (SSSR count). The van der Waals surface area contributed by atoms with Gasteiger partial charge in [0.25, 0.3) is 0 Å². The summed E-state index contributed by atoms with van der Waals surface area (Å²) < 4.78 is 5.16. The van der Waals surface area contributed by atoms with Crippen LogP contribution in [0.1, 0.15) is 41.6 Å². The van der Waals surface area contributed by atoms with Gasteiger partial charge in [0, 0.05) is 24.9 Å². The van der Waals surface area contributed by atoms with Gasteiger partial charge in [-0.05, 0) is 49.1 Å². The molecule has 130 valence electrons. The highest BCUT2D eigenvalue weighted by atomic mass is 16.5. The second-order valence-corrected chi connectivity index (χ2v) is 6.29. The Balaban J connectivity index is 1.51. The van der Waals surface area contributed by atoms with E-state index in [0.29, 0.717) is 24.9 Å². The molecule has 1 aliphatic rings. The van der Waals surface area contributed by atoms with Crippen molar-refractivity contribution in [3.05, 3.63) is 59.7 Å². The van der Waals surface area contributed by atoms with Crippen LogP contribution in [0.15, 0.2) is 48.5 Å². The molecule has 0 fully saturated rings. The molecular formula is C21H23NO3. The van der Waals surface area contributed by atoms with Crippen LogP contribution in [0.5, 0.6) is 5.75 Å². The largest absolute Gasteiger partial charge is 0.497 e. The van der Waals surface area contributed by atoms with E-state index in [1.807, 2.05) is 30.3 Å². The third kappa shape index (κ3) is 4.08. The average Bonchev–Trinajstić information content (AvgIpc) is 2.66. The van der Waals surface area contributed by atoms with Crippen molar-refractivity contribution in [1.29, 1.82) is 0 Å². The number of rotatable bonds is 6. The molecule has 0 bridgehead atoms. The van der Waals surface area contributed by atoms with Crippen LogP contribution in [0.25, 0.3) is 0 Å². The highest BCUT2D eigenvalue weighted by Gasteiger charge is 2.26. The number of carbonyl (C=O) groups is 2. The lowest BCUT2D eigenvalue weighted by Crippen LogP contribution is -2.37. The Kier molecular flexibility index (Phi) is 5.49. The van der Waals surface area contributed by atoms with Crippen molar-refractivity contribution in [2.75, 3.05) is 18.6 Å². The number of unbranched alkanes of at least 4 members (excludes halogenated alkanes) is 1. The first-order valence-corrected chi connectivity index (χ1v) is 8.74. The average molecular weight is 337 g/mol. The molecule has 2 aromatic rings. The van der Waals surface area contributed by atoms with E-state index in [1.54, 1.807) is 18.1 Å². The maximum absolute atomic E-state index is 12.6. The Morgan fingerprint density at radius 2 is 1.84 bits per heavy atom. The van der Waals surface area contributed by atoms with Crippen molar-refractivity contribution in [1.82, 2.24) is 0 Å². The second kappa shape index (κ2) is 7.97. The molecule has 0 unspecified atom stereocenters. The molecule has 0 aromatic heterocycles. The minimum absolute atomic E-state index is 0.106. The minimum atomic E-state index is 0.106. The fraction of sp³-hybridized carbons (Fsp3) is 0.333. The molecule has 0 saturated carbocycles. The lowest BCUT2D eigenvalue weighted by molar-refractivity contribution is -0.118. The lowest BCUT2D eigenvalue weighted by Gasteiger charge is -2.28. The quantitative estimate of drug-likeness (QED) is 0.748. The number of ether oxygens (including phenoxy) is 1. The first-order valence-electron chi connectivity index (χ1n) is 8.74. The van der Waals surface area contributed by atoms with Crippen LogP contribution in [-0.4, -0.2) is 25.3 Å². The second-order valence-electron chi connectivity index (χ2n) is 6.29. The number of fused-ring (bicyclic) bond motifs is 1. The van der Waals surface area contributed by atoms with Gasteiger partial charge in [-0.15, -0.1) is 0 Å². The number of amides is 1. The summed E-state index contributed by atoms with van der Waals surface area (Å²) in [5, 5.41) is 0. The van der Waals surface area contributed by atoms with E-state index in [4.69, 9.17) is 4.74 Å². The zero-order chi connectivity index (χ0) is 17.6. The molecule has 0 radical (unpaired) electrons. The van der Waals surface area contributed by atoms with Crippen molar-refractivity contribution < 1.29 is 14.3 Å². The van der Waals surface area contributed by atoms with E-state index in [1.165, 1.54) is 5.56 Å². The SMILES string of the molecule is COc1ccc(CCCCC(=O)N2CCC(=O)c3ccccc32)cc1. The lowest BCUT2D eigenvalue weighted by atomic mass is 9.99. The topological polar surface area (TPSA) is 46.6 Å². The van der Waals surface area contributed by atoms with E-state index in [9.17, 15) is 9.59 Å². The fourth-order valence-corrected chi connectivity index (χ4v) is 3.20. The number of hydrogen-bond donors (Lipinski definition) is 0. The van der Waals surface area contributed by atoms with E-state index in [2.05, 4.69) is 12.1 Å². The smallest absolute Gasteiger partial charge is 0.227 e. The molecule has 0 aliphatic carbocycles. The van der Waals surface area contributed by atoms with Crippen molar-refractivity contribution in [2.24, 2.45) is 0 Å². The van der Waals surface area contributed by atoms with Gasteiger partial charge in [-0.25, -0.2) is 0 Å². The standard InChI is InChI=1S/C21H23NO3/c1-25-17-12-10-16(11-13-17)6-2-5-9-21(24)22-15-14-20(23)18-7-3-4-8-19(18)22/h3-4,7-8,10-13H,2,5-6,9,14-15H2,1H3. The summed E-state index contributed by atoms with van der Waals surface area (Å²) in [6, 6.07) is 15.4. The molecular weight excluding hydrogens is 314 g/mol. The summed E-state index contributed by atoms with van der Waals surface area (Å²) in [6.45, 7) is 0.493. The summed E-state index contributed by atoms with van der Waals surface area (Å²) in [7, 11) is 1.66. The summed E-state index contributed by atoms with van der Waals surface area (Å²) >= 11 is 0. The third-order valence-corrected chi connectivity index (χ3v) is 4.62. The Morgan fingerprint density at radius 3 is 2.60 bits per heavy atom. The number of aryl methyl sites for hydroxylation is 1. The Labute approximate surface area is 148 Å². The summed E-state index contributed by atoms with van der Waals surface area (Å²) in [5.41, 5.74) is 2.68. The molecule has 0 N–H and O–H groups in total. The highest BCUT2D eigenvalue weighted by molar-refractivity contribution is 6.08. The number of anilines is 1. The van der Waals surface area contributed by atoms with Crippen molar-refractivity contribution in [3.63, 3.8) is 0 Å². The van der Waals surface area contributed by atoms with Crippen molar-refractivity contribution >= 4 is 17.4 Å². The molecule has 4 nitrogen and oxygen atoms in total. The number of methoxy groups -OCH3 is 1. The van der Waals surface area contributed by atoms with Gasteiger partial charge in [0.05, 0.1) is 12.8 Å². The first-order chi connectivity index (χ1) is 12.2.